The number of hydrogen-bond acceptors (Lipinski definition) is 7. The monoisotopic (exact) mass is 374 g/mol. The van der Waals surface area contributed by atoms with Crippen molar-refractivity contribution < 1.29 is 13.2 Å². The molecule has 1 aromatic heterocycles. The minimum absolute atomic E-state index is 0.0937. The van der Waals surface area contributed by atoms with Gasteiger partial charge in [-0.2, -0.15) is 0 Å². The molecule has 1 aliphatic rings. The van der Waals surface area contributed by atoms with E-state index >= 15 is 0 Å². The van der Waals surface area contributed by atoms with Crippen molar-refractivity contribution in [1.82, 2.24) is 15.3 Å². The van der Waals surface area contributed by atoms with Gasteiger partial charge in [0.1, 0.15) is 10.6 Å². The SMILES string of the molecule is CC1(C)NC(C=Cc2ccc(Nc3ncc(S(C)(=O)=O)cn3)cc2)CO1. The van der Waals surface area contributed by atoms with Crippen LogP contribution < -0.4 is 10.6 Å². The standard InChI is InChI=1S/C18H22N4O3S/c1-18(2)22-15(12-25-18)9-6-13-4-7-14(8-5-13)21-17-19-10-16(11-20-17)26(3,23)24/h4-11,15,22H,12H2,1-3H3,(H,19,20,21). The normalized spacial score (nSPS) is 19.7. The van der Waals surface area contributed by atoms with E-state index in [1.54, 1.807) is 0 Å². The molecule has 1 aliphatic heterocycles. The number of benzene rings is 1. The third-order valence-electron chi connectivity index (χ3n) is 3.90. The van der Waals surface area contributed by atoms with E-state index in [9.17, 15) is 8.42 Å². The van der Waals surface area contributed by atoms with Gasteiger partial charge >= 0.3 is 0 Å². The van der Waals surface area contributed by atoms with E-state index < -0.39 is 9.84 Å². The minimum atomic E-state index is -3.29. The maximum absolute atomic E-state index is 11.4. The smallest absolute Gasteiger partial charge is 0.227 e. The van der Waals surface area contributed by atoms with E-state index in [4.69, 9.17) is 4.74 Å². The predicted molar refractivity (Wildman–Crippen MR) is 101 cm³/mol. The van der Waals surface area contributed by atoms with Gasteiger partial charge in [0.05, 0.1) is 25.0 Å². The summed E-state index contributed by atoms with van der Waals surface area (Å²) in [6, 6.07) is 7.98. The highest BCUT2D eigenvalue weighted by molar-refractivity contribution is 7.90. The summed E-state index contributed by atoms with van der Waals surface area (Å²) in [7, 11) is -3.29. The zero-order chi connectivity index (χ0) is 18.8. The van der Waals surface area contributed by atoms with Gasteiger partial charge in [-0.05, 0) is 31.5 Å². The molecule has 1 saturated heterocycles. The topological polar surface area (TPSA) is 93.2 Å². The van der Waals surface area contributed by atoms with Gasteiger partial charge in [0.25, 0.3) is 0 Å². The van der Waals surface area contributed by atoms with Crippen LogP contribution in [0, 0.1) is 0 Å². The molecule has 3 rings (SSSR count). The number of sulfone groups is 1. The van der Waals surface area contributed by atoms with Crippen molar-refractivity contribution in [1.29, 1.82) is 0 Å². The molecule has 0 bridgehead atoms. The predicted octanol–water partition coefficient (Wildman–Crippen LogP) is 2.36. The van der Waals surface area contributed by atoms with Crippen molar-refractivity contribution in [2.75, 3.05) is 18.2 Å². The lowest BCUT2D eigenvalue weighted by Gasteiger charge is -2.16. The highest BCUT2D eigenvalue weighted by Crippen LogP contribution is 2.18. The van der Waals surface area contributed by atoms with Crippen molar-refractivity contribution in [2.45, 2.75) is 30.5 Å². The number of nitrogens with zero attached hydrogens (tertiary/aromatic N) is 2. The van der Waals surface area contributed by atoms with Gasteiger partial charge in [-0.1, -0.05) is 24.3 Å². The van der Waals surface area contributed by atoms with Crippen molar-refractivity contribution in [3.05, 3.63) is 48.3 Å². The van der Waals surface area contributed by atoms with E-state index in [2.05, 4.69) is 26.7 Å². The lowest BCUT2D eigenvalue weighted by Crippen LogP contribution is -2.37. The fourth-order valence-electron chi connectivity index (χ4n) is 2.54. The number of nitrogens with one attached hydrogen (secondary N) is 2. The molecule has 1 aromatic carbocycles. The molecule has 138 valence electrons. The second-order valence-corrected chi connectivity index (χ2v) is 8.71. The van der Waals surface area contributed by atoms with Crippen LogP contribution in [0.25, 0.3) is 6.08 Å². The summed E-state index contributed by atoms with van der Waals surface area (Å²) in [5, 5.41) is 6.42. The first-order valence-corrected chi connectivity index (χ1v) is 10.1. The van der Waals surface area contributed by atoms with Gasteiger partial charge in [-0.3, -0.25) is 5.32 Å². The summed E-state index contributed by atoms with van der Waals surface area (Å²) in [6.45, 7) is 4.67. The van der Waals surface area contributed by atoms with Crippen LogP contribution in [0.3, 0.4) is 0 Å². The number of anilines is 2. The Morgan fingerprint density at radius 2 is 1.88 bits per heavy atom. The fourth-order valence-corrected chi connectivity index (χ4v) is 3.03. The van der Waals surface area contributed by atoms with Crippen LogP contribution in [0.5, 0.6) is 0 Å². The molecule has 0 saturated carbocycles. The van der Waals surface area contributed by atoms with E-state index in [0.29, 0.717) is 12.6 Å². The lowest BCUT2D eigenvalue weighted by atomic mass is 10.1. The average molecular weight is 374 g/mol. The molecular weight excluding hydrogens is 352 g/mol. The van der Waals surface area contributed by atoms with Crippen LogP contribution in [-0.2, 0) is 14.6 Å². The Kier molecular flexibility index (Phi) is 5.08. The third kappa shape index (κ3) is 4.87. The van der Waals surface area contributed by atoms with Crippen LogP contribution in [0.15, 0.2) is 47.6 Å². The molecule has 2 heterocycles. The quantitative estimate of drug-likeness (QED) is 0.830. The van der Waals surface area contributed by atoms with Crippen LogP contribution in [-0.4, -0.2) is 43.0 Å². The molecule has 0 amide bonds. The van der Waals surface area contributed by atoms with E-state index in [1.807, 2.05) is 44.2 Å². The molecule has 1 fully saturated rings. The largest absolute Gasteiger partial charge is 0.359 e. The number of ether oxygens (including phenoxy) is 1. The van der Waals surface area contributed by atoms with Crippen LogP contribution in [0.4, 0.5) is 11.6 Å². The molecule has 0 spiro atoms. The number of hydrogen-bond donors (Lipinski definition) is 2. The molecule has 2 aromatic rings. The summed E-state index contributed by atoms with van der Waals surface area (Å²) in [6.07, 6.45) is 7.84. The van der Waals surface area contributed by atoms with E-state index in [-0.39, 0.29) is 16.7 Å². The summed E-state index contributed by atoms with van der Waals surface area (Å²) < 4.78 is 28.5. The molecule has 1 unspecified atom stereocenters. The summed E-state index contributed by atoms with van der Waals surface area (Å²) >= 11 is 0. The Balaban J connectivity index is 1.61. The molecule has 8 heteroatoms. The molecule has 1 atom stereocenters. The lowest BCUT2D eigenvalue weighted by molar-refractivity contribution is 0.0232. The maximum atomic E-state index is 11.4. The van der Waals surface area contributed by atoms with Crippen molar-refractivity contribution in [3.63, 3.8) is 0 Å². The molecule has 2 N–H and O–H groups in total. The molecule has 26 heavy (non-hydrogen) atoms. The van der Waals surface area contributed by atoms with E-state index in [0.717, 1.165) is 17.5 Å². The first kappa shape index (κ1) is 18.5. The second-order valence-electron chi connectivity index (χ2n) is 6.69. The Morgan fingerprint density at radius 3 is 2.42 bits per heavy atom. The third-order valence-corrected chi connectivity index (χ3v) is 4.97. The zero-order valence-electron chi connectivity index (χ0n) is 14.9. The van der Waals surface area contributed by atoms with Crippen LogP contribution in [0.1, 0.15) is 19.4 Å². The first-order chi connectivity index (χ1) is 12.2. The van der Waals surface area contributed by atoms with Gasteiger partial charge in [0.15, 0.2) is 9.84 Å². The molecule has 0 radical (unpaired) electrons. The molecular formula is C18H22N4O3S. The zero-order valence-corrected chi connectivity index (χ0v) is 15.7. The van der Waals surface area contributed by atoms with Crippen molar-refractivity contribution >= 4 is 27.5 Å². The van der Waals surface area contributed by atoms with Crippen LogP contribution >= 0.6 is 0 Å². The summed E-state index contributed by atoms with van der Waals surface area (Å²) in [4.78, 5) is 8.15. The average Bonchev–Trinajstić information content (AvgIpc) is 2.93. The first-order valence-electron chi connectivity index (χ1n) is 8.20. The Hall–Kier alpha value is -2.29. The number of aromatic nitrogens is 2. The second kappa shape index (κ2) is 7.14. The molecule has 0 aliphatic carbocycles. The Bertz CT molecular complexity index is 891. The van der Waals surface area contributed by atoms with Crippen molar-refractivity contribution in [2.24, 2.45) is 0 Å². The highest BCUT2D eigenvalue weighted by atomic mass is 32.2. The van der Waals surface area contributed by atoms with Crippen LogP contribution in [0.2, 0.25) is 0 Å². The van der Waals surface area contributed by atoms with Crippen molar-refractivity contribution in [3.8, 4) is 0 Å². The van der Waals surface area contributed by atoms with Gasteiger partial charge in [-0.15, -0.1) is 0 Å². The molecule has 7 nitrogen and oxygen atoms in total. The van der Waals surface area contributed by atoms with Gasteiger partial charge in [0, 0.05) is 11.9 Å². The summed E-state index contributed by atoms with van der Waals surface area (Å²) in [5.74, 6) is 0.343. The summed E-state index contributed by atoms with van der Waals surface area (Å²) in [5.41, 5.74) is 1.60. The highest BCUT2D eigenvalue weighted by Gasteiger charge is 2.28. The van der Waals surface area contributed by atoms with Gasteiger partial charge in [-0.25, -0.2) is 18.4 Å². The van der Waals surface area contributed by atoms with E-state index in [1.165, 1.54) is 12.4 Å². The maximum Gasteiger partial charge on any atom is 0.227 e. The van der Waals surface area contributed by atoms with Gasteiger partial charge < -0.3 is 10.1 Å². The fraction of sp³-hybridized carbons (Fsp3) is 0.333. The minimum Gasteiger partial charge on any atom is -0.359 e. The Morgan fingerprint density at radius 1 is 1.23 bits per heavy atom. The van der Waals surface area contributed by atoms with Gasteiger partial charge in [0.2, 0.25) is 5.95 Å². The number of rotatable bonds is 5. The Labute approximate surface area is 153 Å².